The Labute approximate surface area is 130 Å². The molecule has 0 aromatic heterocycles. The molecule has 3 heterocycles. The van der Waals surface area contributed by atoms with Crippen molar-refractivity contribution < 1.29 is 14.6 Å². The van der Waals surface area contributed by atoms with Crippen LogP contribution in [0.15, 0.2) is 24.3 Å². The second-order valence-corrected chi connectivity index (χ2v) is 8.05. The van der Waals surface area contributed by atoms with Gasteiger partial charge in [-0.2, -0.15) is 11.8 Å². The molecule has 0 aliphatic carbocycles. The first-order chi connectivity index (χ1) is 10.2. The van der Waals surface area contributed by atoms with Crippen molar-refractivity contribution in [3.63, 3.8) is 0 Å². The first-order valence-electron chi connectivity index (χ1n) is 7.94. The van der Waals surface area contributed by atoms with Crippen LogP contribution >= 0.6 is 11.8 Å². The summed E-state index contributed by atoms with van der Waals surface area (Å²) in [4.78, 5) is 0. The summed E-state index contributed by atoms with van der Waals surface area (Å²) >= 11 is 2.09. The third-order valence-electron chi connectivity index (χ3n) is 4.91. The van der Waals surface area contributed by atoms with E-state index in [-0.39, 0.29) is 6.29 Å². The van der Waals surface area contributed by atoms with Crippen LogP contribution in [-0.2, 0) is 15.1 Å². The first-order valence-corrected chi connectivity index (χ1v) is 8.89. The average Bonchev–Trinajstić information content (AvgIpc) is 3.01. The lowest BCUT2D eigenvalue weighted by atomic mass is 9.80. The molecule has 4 heteroatoms. The van der Waals surface area contributed by atoms with E-state index in [9.17, 15) is 5.11 Å². The largest absolute Gasteiger partial charge is 0.385 e. The van der Waals surface area contributed by atoms with Gasteiger partial charge in [-0.3, -0.25) is 0 Å². The molecule has 1 aromatic rings. The number of ether oxygens (including phenoxy) is 2. The van der Waals surface area contributed by atoms with Gasteiger partial charge >= 0.3 is 0 Å². The van der Waals surface area contributed by atoms with Gasteiger partial charge in [-0.05, 0) is 31.2 Å². The van der Waals surface area contributed by atoms with Crippen molar-refractivity contribution in [1.29, 1.82) is 0 Å². The zero-order valence-electron chi connectivity index (χ0n) is 12.2. The van der Waals surface area contributed by atoms with Gasteiger partial charge in [0.05, 0.1) is 18.8 Å². The SMILES string of the molecule is OC1(c2ccc(C3OCCO3)cc2)CC2CCCC(C1)S2. The Morgan fingerprint density at radius 3 is 2.24 bits per heavy atom. The second kappa shape index (κ2) is 5.58. The molecule has 3 nitrogen and oxygen atoms in total. The van der Waals surface area contributed by atoms with Crippen LogP contribution in [0.2, 0.25) is 0 Å². The van der Waals surface area contributed by atoms with Crippen LogP contribution in [0.25, 0.3) is 0 Å². The van der Waals surface area contributed by atoms with E-state index >= 15 is 0 Å². The van der Waals surface area contributed by atoms with E-state index in [0.717, 1.165) is 24.0 Å². The predicted octanol–water partition coefficient (Wildman–Crippen LogP) is 3.37. The fraction of sp³-hybridized carbons (Fsp3) is 0.647. The van der Waals surface area contributed by atoms with E-state index in [0.29, 0.717) is 23.7 Å². The zero-order chi connectivity index (χ0) is 14.3. The van der Waals surface area contributed by atoms with Crippen molar-refractivity contribution in [2.45, 2.75) is 54.5 Å². The fourth-order valence-electron chi connectivity index (χ4n) is 3.86. The Morgan fingerprint density at radius 1 is 1.00 bits per heavy atom. The molecule has 1 N–H and O–H groups in total. The Bertz CT molecular complexity index is 483. The highest BCUT2D eigenvalue weighted by molar-refractivity contribution is 8.00. The summed E-state index contributed by atoms with van der Waals surface area (Å²) in [5, 5.41) is 12.4. The van der Waals surface area contributed by atoms with Crippen molar-refractivity contribution in [3.8, 4) is 0 Å². The van der Waals surface area contributed by atoms with Crippen LogP contribution in [-0.4, -0.2) is 28.8 Å². The van der Waals surface area contributed by atoms with Crippen LogP contribution in [0.5, 0.6) is 0 Å². The number of fused-ring (bicyclic) bond motifs is 2. The fourth-order valence-corrected chi connectivity index (χ4v) is 5.75. The van der Waals surface area contributed by atoms with Gasteiger partial charge in [0.1, 0.15) is 0 Å². The Balaban J connectivity index is 1.54. The van der Waals surface area contributed by atoms with Gasteiger partial charge in [0.25, 0.3) is 0 Å². The molecular formula is C17H22O3S. The molecule has 3 aliphatic rings. The molecule has 1 aromatic carbocycles. The van der Waals surface area contributed by atoms with Crippen LogP contribution in [0.1, 0.15) is 49.5 Å². The van der Waals surface area contributed by atoms with Gasteiger partial charge in [-0.15, -0.1) is 0 Å². The highest BCUT2D eigenvalue weighted by Gasteiger charge is 2.42. The number of hydrogen-bond acceptors (Lipinski definition) is 4. The van der Waals surface area contributed by atoms with Crippen LogP contribution in [0, 0.1) is 0 Å². The summed E-state index contributed by atoms with van der Waals surface area (Å²) in [6, 6.07) is 8.21. The molecule has 21 heavy (non-hydrogen) atoms. The highest BCUT2D eigenvalue weighted by atomic mass is 32.2. The summed E-state index contributed by atoms with van der Waals surface area (Å²) in [7, 11) is 0. The molecule has 3 aliphatic heterocycles. The van der Waals surface area contributed by atoms with E-state index in [1.54, 1.807) is 0 Å². The lowest BCUT2D eigenvalue weighted by molar-refractivity contribution is -0.0442. The van der Waals surface area contributed by atoms with Crippen molar-refractivity contribution >= 4 is 11.8 Å². The third kappa shape index (κ3) is 2.74. The topological polar surface area (TPSA) is 38.7 Å². The van der Waals surface area contributed by atoms with Gasteiger partial charge in [-0.1, -0.05) is 30.7 Å². The van der Waals surface area contributed by atoms with E-state index in [1.807, 2.05) is 12.1 Å². The quantitative estimate of drug-likeness (QED) is 0.909. The maximum atomic E-state index is 11.1. The summed E-state index contributed by atoms with van der Waals surface area (Å²) in [6.45, 7) is 1.33. The minimum atomic E-state index is -0.642. The third-order valence-corrected chi connectivity index (χ3v) is 6.48. The van der Waals surface area contributed by atoms with Gasteiger partial charge in [-0.25, -0.2) is 0 Å². The van der Waals surface area contributed by atoms with Gasteiger partial charge in [0.15, 0.2) is 6.29 Å². The van der Waals surface area contributed by atoms with Crippen molar-refractivity contribution in [3.05, 3.63) is 35.4 Å². The number of rotatable bonds is 2. The monoisotopic (exact) mass is 306 g/mol. The van der Waals surface area contributed by atoms with Crippen molar-refractivity contribution in [2.24, 2.45) is 0 Å². The van der Waals surface area contributed by atoms with E-state index in [2.05, 4.69) is 23.9 Å². The van der Waals surface area contributed by atoms with Crippen LogP contribution in [0.4, 0.5) is 0 Å². The molecule has 0 radical (unpaired) electrons. The standard InChI is InChI=1S/C17H22O3S/c18-17(10-14-2-1-3-15(11-17)21-14)13-6-4-12(5-7-13)16-19-8-9-20-16/h4-7,14-16,18H,1-3,8-11H2. The van der Waals surface area contributed by atoms with Gasteiger partial charge in [0, 0.05) is 16.1 Å². The lowest BCUT2D eigenvalue weighted by Gasteiger charge is -2.44. The second-order valence-electron chi connectivity index (χ2n) is 6.45. The number of benzene rings is 1. The van der Waals surface area contributed by atoms with Crippen molar-refractivity contribution in [2.75, 3.05) is 13.2 Å². The Kier molecular flexibility index (Phi) is 3.74. The van der Waals surface area contributed by atoms with Crippen LogP contribution in [0.3, 0.4) is 0 Å². The summed E-state index contributed by atoms with van der Waals surface area (Å²) in [6.07, 6.45) is 5.40. The maximum absolute atomic E-state index is 11.1. The Hall–Kier alpha value is -0.550. The van der Waals surface area contributed by atoms with E-state index in [1.165, 1.54) is 19.3 Å². The molecule has 2 bridgehead atoms. The highest BCUT2D eigenvalue weighted by Crippen LogP contribution is 2.49. The number of thioether (sulfide) groups is 1. The molecule has 4 rings (SSSR count). The molecule has 114 valence electrons. The Morgan fingerprint density at radius 2 is 1.62 bits per heavy atom. The van der Waals surface area contributed by atoms with E-state index in [4.69, 9.17) is 9.47 Å². The van der Waals surface area contributed by atoms with Crippen molar-refractivity contribution in [1.82, 2.24) is 0 Å². The lowest BCUT2D eigenvalue weighted by Crippen LogP contribution is -2.40. The smallest absolute Gasteiger partial charge is 0.184 e. The molecule has 3 saturated heterocycles. The molecule has 3 fully saturated rings. The molecule has 2 unspecified atom stereocenters. The summed E-state index contributed by atoms with van der Waals surface area (Å²) < 4.78 is 11.0. The minimum absolute atomic E-state index is 0.227. The molecular weight excluding hydrogens is 284 g/mol. The van der Waals surface area contributed by atoms with Gasteiger partial charge in [0.2, 0.25) is 0 Å². The molecule has 0 spiro atoms. The molecule has 0 amide bonds. The minimum Gasteiger partial charge on any atom is -0.385 e. The van der Waals surface area contributed by atoms with Crippen LogP contribution < -0.4 is 0 Å². The number of hydrogen-bond donors (Lipinski definition) is 1. The predicted molar refractivity (Wildman–Crippen MR) is 83.2 cm³/mol. The maximum Gasteiger partial charge on any atom is 0.184 e. The summed E-state index contributed by atoms with van der Waals surface area (Å²) in [5.41, 5.74) is 1.46. The molecule has 0 saturated carbocycles. The zero-order valence-corrected chi connectivity index (χ0v) is 13.0. The normalized spacial score (nSPS) is 36.8. The molecule has 2 atom stereocenters. The van der Waals surface area contributed by atoms with Gasteiger partial charge < -0.3 is 14.6 Å². The first kappa shape index (κ1) is 14.1. The van der Waals surface area contributed by atoms with E-state index < -0.39 is 5.60 Å². The number of aliphatic hydroxyl groups is 1. The average molecular weight is 306 g/mol. The summed E-state index contributed by atoms with van der Waals surface area (Å²) in [5.74, 6) is 0.